The first-order valence-electron chi connectivity index (χ1n) is 16.4. The average Bonchev–Trinajstić information content (AvgIpc) is 3.10. The van der Waals surface area contributed by atoms with E-state index in [2.05, 4.69) is 60.7 Å². The number of phenolic OH excluding ortho intramolecular Hbond substituents is 2. The number of fused-ring (bicyclic) bond motifs is 4. The van der Waals surface area contributed by atoms with Gasteiger partial charge in [0.2, 0.25) is 0 Å². The maximum Gasteiger partial charge on any atom is 0.132 e. The lowest BCUT2D eigenvalue weighted by atomic mass is 9.87. The fraction of sp³-hybridized carbons (Fsp3) is 0.190. The van der Waals surface area contributed by atoms with Crippen LogP contribution in [0.4, 0.5) is 0 Å². The van der Waals surface area contributed by atoms with Crippen LogP contribution in [0.3, 0.4) is 0 Å². The van der Waals surface area contributed by atoms with Gasteiger partial charge in [-0.1, -0.05) is 97.1 Å². The van der Waals surface area contributed by atoms with E-state index in [4.69, 9.17) is 9.98 Å². The predicted octanol–water partition coefficient (Wildman–Crippen LogP) is 10.1. The van der Waals surface area contributed by atoms with Crippen LogP contribution in [0, 0.1) is 0 Å². The van der Waals surface area contributed by atoms with E-state index in [1.165, 1.54) is 22.3 Å². The molecule has 2 aliphatic carbocycles. The molecule has 2 N–H and O–H groups in total. The van der Waals surface area contributed by atoms with Gasteiger partial charge in [0.1, 0.15) is 11.5 Å². The van der Waals surface area contributed by atoms with Crippen molar-refractivity contribution in [2.45, 2.75) is 50.6 Å². The van der Waals surface area contributed by atoms with Gasteiger partial charge in [0.05, 0.1) is 12.1 Å². The highest BCUT2D eigenvalue weighted by molar-refractivity contribution is 6.14. The number of phenols is 2. The van der Waals surface area contributed by atoms with Gasteiger partial charge in [-0.3, -0.25) is 9.98 Å². The Balaban J connectivity index is 1.28. The fourth-order valence-corrected chi connectivity index (χ4v) is 7.53. The van der Waals surface area contributed by atoms with E-state index >= 15 is 0 Å². The molecule has 4 nitrogen and oxygen atoms in total. The lowest BCUT2D eigenvalue weighted by Crippen LogP contribution is -2.08. The van der Waals surface area contributed by atoms with Crippen molar-refractivity contribution in [1.29, 1.82) is 0 Å². The van der Waals surface area contributed by atoms with Crippen LogP contribution < -0.4 is 0 Å². The van der Waals surface area contributed by atoms with E-state index in [0.717, 1.165) is 60.1 Å². The van der Waals surface area contributed by atoms with E-state index in [-0.39, 0.29) is 23.6 Å². The fourth-order valence-electron chi connectivity index (χ4n) is 7.53. The lowest BCUT2D eigenvalue weighted by Gasteiger charge is -2.22. The normalized spacial score (nSPS) is 17.9. The third-order valence-corrected chi connectivity index (χ3v) is 9.82. The maximum absolute atomic E-state index is 12.0. The Hall–Kier alpha value is -5.22. The molecule has 0 radical (unpaired) electrons. The Kier molecular flexibility index (Phi) is 7.34. The Labute approximate surface area is 269 Å². The van der Waals surface area contributed by atoms with Crippen LogP contribution in [0.2, 0.25) is 0 Å². The molecule has 226 valence electrons. The summed E-state index contributed by atoms with van der Waals surface area (Å²) < 4.78 is 0. The van der Waals surface area contributed by atoms with Crippen molar-refractivity contribution in [2.24, 2.45) is 9.98 Å². The van der Waals surface area contributed by atoms with E-state index < -0.39 is 0 Å². The molecule has 6 aromatic carbocycles. The highest BCUT2D eigenvalue weighted by Gasteiger charge is 2.23. The van der Waals surface area contributed by atoms with Crippen LogP contribution >= 0.6 is 0 Å². The monoisotopic (exact) mass is 600 g/mol. The molecule has 0 heterocycles. The summed E-state index contributed by atoms with van der Waals surface area (Å²) in [6.07, 6.45) is 9.94. The van der Waals surface area contributed by atoms with Crippen LogP contribution in [0.15, 0.2) is 119 Å². The molecule has 6 aromatic rings. The second-order valence-electron chi connectivity index (χ2n) is 12.6. The van der Waals surface area contributed by atoms with Crippen LogP contribution in [-0.4, -0.2) is 22.6 Å². The lowest BCUT2D eigenvalue weighted by molar-refractivity contribution is 0.469. The predicted molar refractivity (Wildman–Crippen MR) is 190 cm³/mol. The molecule has 0 aromatic heterocycles. The van der Waals surface area contributed by atoms with Gasteiger partial charge in [-0.15, -0.1) is 0 Å². The van der Waals surface area contributed by atoms with E-state index in [0.29, 0.717) is 22.3 Å². The first-order chi connectivity index (χ1) is 22.7. The first kappa shape index (κ1) is 28.3. The van der Waals surface area contributed by atoms with E-state index in [1.54, 1.807) is 0 Å². The van der Waals surface area contributed by atoms with Crippen molar-refractivity contribution in [3.05, 3.63) is 143 Å². The molecular formula is C42H36N2O2. The Morgan fingerprint density at radius 1 is 0.522 bits per heavy atom. The van der Waals surface area contributed by atoms with Gasteiger partial charge in [0.25, 0.3) is 0 Å². The van der Waals surface area contributed by atoms with Crippen LogP contribution in [0.5, 0.6) is 11.5 Å². The topological polar surface area (TPSA) is 65.2 Å². The minimum absolute atomic E-state index is 0.0537. The molecule has 2 aliphatic rings. The highest BCUT2D eigenvalue weighted by Crippen LogP contribution is 2.47. The summed E-state index contributed by atoms with van der Waals surface area (Å²) >= 11 is 0. The number of aliphatic imine (C=N–C) groups is 2. The summed E-state index contributed by atoms with van der Waals surface area (Å²) in [5.74, 6) is 0.226. The van der Waals surface area contributed by atoms with E-state index in [9.17, 15) is 10.2 Å². The summed E-state index contributed by atoms with van der Waals surface area (Å²) in [6.45, 7) is 0. The summed E-state index contributed by atoms with van der Waals surface area (Å²) in [5, 5.41) is 27.8. The molecule has 4 heteroatoms. The smallest absolute Gasteiger partial charge is 0.132 e. The molecular weight excluding hydrogens is 564 g/mol. The molecule has 0 saturated heterocycles. The molecule has 8 rings (SSSR count). The quantitative estimate of drug-likeness (QED) is 0.193. The van der Waals surface area contributed by atoms with Crippen LogP contribution in [0.25, 0.3) is 32.7 Å². The molecule has 0 saturated carbocycles. The third-order valence-electron chi connectivity index (χ3n) is 9.82. The Morgan fingerprint density at radius 3 is 1.41 bits per heavy atom. The summed E-state index contributed by atoms with van der Waals surface area (Å²) in [5.41, 5.74) is 7.72. The van der Waals surface area contributed by atoms with Gasteiger partial charge in [0, 0.05) is 34.7 Å². The van der Waals surface area contributed by atoms with Crippen molar-refractivity contribution < 1.29 is 10.2 Å². The van der Waals surface area contributed by atoms with Crippen molar-refractivity contribution in [2.75, 3.05) is 0 Å². The van der Waals surface area contributed by atoms with Crippen molar-refractivity contribution in [1.82, 2.24) is 0 Å². The SMILES string of the molecule is Oc1c(C=N[C@H]2CCCc3ccccc32)cc2ccccc2c1-c1c(O)c(C=N[C@H]2CCCc3ccccc32)cc2ccccc12. The molecule has 0 spiro atoms. The van der Waals surface area contributed by atoms with Crippen molar-refractivity contribution in [3.63, 3.8) is 0 Å². The maximum atomic E-state index is 12.0. The van der Waals surface area contributed by atoms with Gasteiger partial charge in [0.15, 0.2) is 0 Å². The van der Waals surface area contributed by atoms with E-state index in [1.807, 2.05) is 61.0 Å². The standard InChI is InChI=1S/C42H36N2O2/c45-41-31(25-43-37-21-9-15-27-11-1-5-17-33(27)37)23-29-13-3-7-19-35(29)39(41)40-36-20-8-4-14-30(36)24-32(42(40)46)26-44-38-22-10-16-28-12-2-6-18-34(28)38/h1-8,11-14,17-20,23-26,37-38,45-46H,9-10,15-16,21-22H2/t37-,38-/m0/s1. The van der Waals surface area contributed by atoms with Gasteiger partial charge in [-0.2, -0.15) is 0 Å². The summed E-state index contributed by atoms with van der Waals surface area (Å²) in [6, 6.07) is 37.3. The van der Waals surface area contributed by atoms with Gasteiger partial charge in [-0.25, -0.2) is 0 Å². The minimum Gasteiger partial charge on any atom is -0.507 e. The second kappa shape index (κ2) is 11.9. The second-order valence-corrected chi connectivity index (χ2v) is 12.6. The number of nitrogens with zero attached hydrogens (tertiary/aromatic N) is 2. The largest absolute Gasteiger partial charge is 0.507 e. The molecule has 0 fully saturated rings. The summed E-state index contributed by atoms with van der Waals surface area (Å²) in [4.78, 5) is 10.1. The minimum atomic E-state index is 0.0537. The molecule has 0 aliphatic heterocycles. The zero-order valence-corrected chi connectivity index (χ0v) is 25.7. The zero-order valence-electron chi connectivity index (χ0n) is 25.7. The zero-order chi connectivity index (χ0) is 31.0. The number of benzene rings is 6. The number of hydrogen-bond donors (Lipinski definition) is 2. The number of hydrogen-bond acceptors (Lipinski definition) is 4. The summed E-state index contributed by atoms with van der Waals surface area (Å²) in [7, 11) is 0. The highest BCUT2D eigenvalue weighted by atomic mass is 16.3. The number of aryl methyl sites for hydroxylation is 2. The molecule has 2 atom stereocenters. The average molecular weight is 601 g/mol. The third kappa shape index (κ3) is 5.04. The Bertz CT molecular complexity index is 2010. The van der Waals surface area contributed by atoms with Crippen LogP contribution in [-0.2, 0) is 12.8 Å². The number of rotatable bonds is 5. The Morgan fingerprint density at radius 2 is 0.935 bits per heavy atom. The van der Waals surface area contributed by atoms with Crippen LogP contribution in [0.1, 0.15) is 71.1 Å². The molecule has 0 bridgehead atoms. The first-order valence-corrected chi connectivity index (χ1v) is 16.4. The molecule has 0 unspecified atom stereocenters. The number of aromatic hydroxyl groups is 2. The van der Waals surface area contributed by atoms with Crippen molar-refractivity contribution >= 4 is 34.0 Å². The van der Waals surface area contributed by atoms with Gasteiger partial charge in [-0.05, 0) is 94.5 Å². The van der Waals surface area contributed by atoms with Gasteiger partial charge < -0.3 is 10.2 Å². The molecule has 0 amide bonds. The van der Waals surface area contributed by atoms with Gasteiger partial charge >= 0.3 is 0 Å². The van der Waals surface area contributed by atoms with Crippen molar-refractivity contribution in [3.8, 4) is 22.6 Å². The molecule has 46 heavy (non-hydrogen) atoms.